The molecule has 13 heavy (non-hydrogen) atoms. The van der Waals surface area contributed by atoms with Gasteiger partial charge in [-0.3, -0.25) is 4.98 Å². The first-order valence-electron chi connectivity index (χ1n) is 4.48. The molecule has 0 aliphatic heterocycles. The van der Waals surface area contributed by atoms with Crippen molar-refractivity contribution in [2.45, 2.75) is 12.8 Å². The standard InChI is InChI=1S/C10H14NO2/c12-6-2-7-13-8-4-10-3-1-5-11-9-10/h1,3,5,9H,2,4,6-8H2. The van der Waals surface area contributed by atoms with E-state index in [2.05, 4.69) is 4.98 Å². The molecule has 1 heterocycles. The molecule has 0 aliphatic carbocycles. The Hall–Kier alpha value is -0.930. The number of hydrogen-bond donors (Lipinski definition) is 0. The van der Waals surface area contributed by atoms with Crippen molar-refractivity contribution in [1.29, 1.82) is 0 Å². The molecule has 0 aliphatic rings. The molecule has 3 nitrogen and oxygen atoms in total. The summed E-state index contributed by atoms with van der Waals surface area (Å²) in [5, 5.41) is 10.1. The summed E-state index contributed by atoms with van der Waals surface area (Å²) in [6.07, 6.45) is 5.05. The van der Waals surface area contributed by atoms with E-state index in [1.54, 1.807) is 6.20 Å². The topological polar surface area (TPSA) is 42.0 Å². The van der Waals surface area contributed by atoms with Gasteiger partial charge in [0, 0.05) is 19.0 Å². The number of aromatic nitrogens is 1. The molecule has 1 aromatic rings. The van der Waals surface area contributed by atoms with Crippen LogP contribution in [0.15, 0.2) is 24.5 Å². The van der Waals surface area contributed by atoms with Gasteiger partial charge < -0.3 is 4.74 Å². The summed E-state index contributed by atoms with van der Waals surface area (Å²) in [7, 11) is 0. The van der Waals surface area contributed by atoms with Crippen molar-refractivity contribution in [3.8, 4) is 0 Å². The van der Waals surface area contributed by atoms with Crippen molar-refractivity contribution < 1.29 is 9.84 Å². The van der Waals surface area contributed by atoms with Crippen LogP contribution in [0.2, 0.25) is 0 Å². The van der Waals surface area contributed by atoms with Crippen LogP contribution in [0.5, 0.6) is 0 Å². The summed E-state index contributed by atoms with van der Waals surface area (Å²) in [5.74, 6) is 0. The Kier molecular flexibility index (Phi) is 5.13. The predicted octanol–water partition coefficient (Wildman–Crippen LogP) is 1.46. The highest BCUT2D eigenvalue weighted by atomic mass is 16.5. The van der Waals surface area contributed by atoms with Gasteiger partial charge in [-0.2, -0.15) is 0 Å². The molecule has 0 unspecified atom stereocenters. The molecule has 1 radical (unpaired) electrons. The zero-order chi connectivity index (χ0) is 9.36. The average molecular weight is 180 g/mol. The van der Waals surface area contributed by atoms with Crippen molar-refractivity contribution in [3.05, 3.63) is 30.1 Å². The van der Waals surface area contributed by atoms with Crippen LogP contribution in [0, 0.1) is 0 Å². The van der Waals surface area contributed by atoms with Crippen LogP contribution in [-0.2, 0) is 16.3 Å². The molecule has 3 heteroatoms. The summed E-state index contributed by atoms with van der Waals surface area (Å²) in [6.45, 7) is 1.20. The van der Waals surface area contributed by atoms with Crippen LogP contribution in [0.3, 0.4) is 0 Å². The van der Waals surface area contributed by atoms with E-state index in [1.165, 1.54) is 5.56 Å². The Morgan fingerprint density at radius 1 is 1.38 bits per heavy atom. The zero-order valence-electron chi connectivity index (χ0n) is 7.61. The lowest BCUT2D eigenvalue weighted by molar-refractivity contribution is 0.101. The van der Waals surface area contributed by atoms with Crippen molar-refractivity contribution in [2.75, 3.05) is 19.8 Å². The SMILES string of the molecule is [O]CCCOCCc1cccnc1. The van der Waals surface area contributed by atoms with Crippen LogP contribution < -0.4 is 0 Å². The van der Waals surface area contributed by atoms with Gasteiger partial charge in [0.1, 0.15) is 0 Å². The Morgan fingerprint density at radius 2 is 2.31 bits per heavy atom. The van der Waals surface area contributed by atoms with Crippen LogP contribution in [0.4, 0.5) is 0 Å². The third-order valence-corrected chi connectivity index (χ3v) is 1.69. The molecule has 0 spiro atoms. The first kappa shape index (κ1) is 10.2. The average Bonchev–Trinajstić information content (AvgIpc) is 2.19. The van der Waals surface area contributed by atoms with Gasteiger partial charge >= 0.3 is 0 Å². The molecule has 0 atom stereocenters. The second-order valence-electron chi connectivity index (χ2n) is 2.78. The fourth-order valence-corrected chi connectivity index (χ4v) is 0.999. The summed E-state index contributed by atoms with van der Waals surface area (Å²) in [6, 6.07) is 3.93. The van der Waals surface area contributed by atoms with Crippen LogP contribution >= 0.6 is 0 Å². The minimum atomic E-state index is -0.0487. The van der Waals surface area contributed by atoms with Crippen molar-refractivity contribution in [2.24, 2.45) is 0 Å². The van der Waals surface area contributed by atoms with Gasteiger partial charge in [-0.25, -0.2) is 5.11 Å². The van der Waals surface area contributed by atoms with Crippen molar-refractivity contribution >= 4 is 0 Å². The normalized spacial score (nSPS) is 10.2. The summed E-state index contributed by atoms with van der Waals surface area (Å²) >= 11 is 0. The van der Waals surface area contributed by atoms with Crippen molar-refractivity contribution in [1.82, 2.24) is 4.98 Å². The second kappa shape index (κ2) is 6.57. The number of hydrogen-bond acceptors (Lipinski definition) is 2. The van der Waals surface area contributed by atoms with E-state index in [0.717, 1.165) is 6.42 Å². The molecule has 1 rings (SSSR count). The highest BCUT2D eigenvalue weighted by Gasteiger charge is 1.92. The Labute approximate surface area is 78.4 Å². The monoisotopic (exact) mass is 180 g/mol. The van der Waals surface area contributed by atoms with E-state index in [9.17, 15) is 5.11 Å². The van der Waals surface area contributed by atoms with E-state index < -0.39 is 0 Å². The molecule has 0 aromatic carbocycles. The number of ether oxygens (including phenoxy) is 1. The molecular formula is C10H14NO2. The second-order valence-corrected chi connectivity index (χ2v) is 2.78. The maximum Gasteiger partial charge on any atom is 0.0844 e. The Bertz CT molecular complexity index is 213. The summed E-state index contributed by atoms with van der Waals surface area (Å²) in [5.41, 5.74) is 1.17. The Morgan fingerprint density at radius 3 is 3.00 bits per heavy atom. The van der Waals surface area contributed by atoms with Gasteiger partial charge in [0.05, 0.1) is 13.2 Å². The van der Waals surface area contributed by atoms with Gasteiger partial charge in [0.25, 0.3) is 0 Å². The number of nitrogens with zero attached hydrogens (tertiary/aromatic N) is 1. The first-order chi connectivity index (χ1) is 6.43. The smallest absolute Gasteiger partial charge is 0.0844 e. The third-order valence-electron chi connectivity index (χ3n) is 1.69. The molecule has 0 bridgehead atoms. The number of rotatable bonds is 6. The highest BCUT2D eigenvalue weighted by molar-refractivity contribution is 5.08. The largest absolute Gasteiger partial charge is 0.381 e. The summed E-state index contributed by atoms with van der Waals surface area (Å²) < 4.78 is 5.25. The molecule has 0 saturated carbocycles. The fraction of sp³-hybridized carbons (Fsp3) is 0.500. The molecule has 0 saturated heterocycles. The van der Waals surface area contributed by atoms with Crippen LogP contribution in [-0.4, -0.2) is 24.8 Å². The van der Waals surface area contributed by atoms with E-state index in [1.807, 2.05) is 18.3 Å². The van der Waals surface area contributed by atoms with Gasteiger partial charge in [-0.15, -0.1) is 0 Å². The third kappa shape index (κ3) is 4.60. The maximum atomic E-state index is 10.1. The number of pyridine rings is 1. The van der Waals surface area contributed by atoms with Gasteiger partial charge in [0.2, 0.25) is 0 Å². The maximum absolute atomic E-state index is 10.1. The van der Waals surface area contributed by atoms with E-state index >= 15 is 0 Å². The van der Waals surface area contributed by atoms with Gasteiger partial charge in [-0.1, -0.05) is 6.07 Å². The highest BCUT2D eigenvalue weighted by Crippen LogP contribution is 1.97. The first-order valence-corrected chi connectivity index (χ1v) is 4.48. The molecule has 0 fully saturated rings. The fourth-order valence-electron chi connectivity index (χ4n) is 0.999. The minimum absolute atomic E-state index is 0.0487. The van der Waals surface area contributed by atoms with Gasteiger partial charge in [-0.05, 0) is 24.5 Å². The molecule has 0 N–H and O–H groups in total. The molecule has 1 aromatic heterocycles. The lowest BCUT2D eigenvalue weighted by Gasteiger charge is -2.01. The quantitative estimate of drug-likeness (QED) is 0.622. The zero-order valence-corrected chi connectivity index (χ0v) is 7.61. The Balaban J connectivity index is 2.07. The molecular weight excluding hydrogens is 166 g/mol. The van der Waals surface area contributed by atoms with Crippen LogP contribution in [0.25, 0.3) is 0 Å². The molecule has 71 valence electrons. The van der Waals surface area contributed by atoms with Gasteiger partial charge in [0.15, 0.2) is 0 Å². The predicted molar refractivity (Wildman–Crippen MR) is 48.9 cm³/mol. The van der Waals surface area contributed by atoms with E-state index in [-0.39, 0.29) is 6.61 Å². The summed E-state index contributed by atoms with van der Waals surface area (Å²) in [4.78, 5) is 3.99. The van der Waals surface area contributed by atoms with E-state index in [0.29, 0.717) is 19.6 Å². The molecule has 0 amide bonds. The van der Waals surface area contributed by atoms with Crippen molar-refractivity contribution in [3.63, 3.8) is 0 Å². The minimum Gasteiger partial charge on any atom is -0.381 e. The lowest BCUT2D eigenvalue weighted by atomic mass is 10.2. The van der Waals surface area contributed by atoms with E-state index in [4.69, 9.17) is 4.74 Å². The van der Waals surface area contributed by atoms with Crippen LogP contribution in [0.1, 0.15) is 12.0 Å². The lowest BCUT2D eigenvalue weighted by Crippen LogP contribution is -2.01.